The number of aryl methyl sites for hydroxylation is 1. The number of amides is 1. The number of likely N-dealkylation sites (tertiary alicyclic amines) is 1. The van der Waals surface area contributed by atoms with Gasteiger partial charge in [0, 0.05) is 6.04 Å². The molecule has 1 aromatic carbocycles. The van der Waals surface area contributed by atoms with Gasteiger partial charge in [0.15, 0.2) is 0 Å². The van der Waals surface area contributed by atoms with Crippen molar-refractivity contribution >= 4 is 17.8 Å². The number of aliphatic carboxylic acids is 1. The summed E-state index contributed by atoms with van der Waals surface area (Å²) in [4.78, 5) is 39.0. The van der Waals surface area contributed by atoms with E-state index < -0.39 is 30.1 Å². The molecule has 0 aromatic heterocycles. The second-order valence-electron chi connectivity index (χ2n) is 8.44. The zero-order valence-electron chi connectivity index (χ0n) is 17.8. The fraction of sp³-hybridized carbons (Fsp3) is 0.609. The summed E-state index contributed by atoms with van der Waals surface area (Å²) in [5.41, 5.74) is 1.10. The van der Waals surface area contributed by atoms with Gasteiger partial charge in [0.2, 0.25) is 5.91 Å². The van der Waals surface area contributed by atoms with Crippen LogP contribution < -0.4 is 5.32 Å². The van der Waals surface area contributed by atoms with Crippen LogP contribution >= 0.6 is 0 Å². The Balaban J connectivity index is 1.68. The van der Waals surface area contributed by atoms with Crippen molar-refractivity contribution < 1.29 is 24.2 Å². The Morgan fingerprint density at radius 2 is 1.90 bits per heavy atom. The average Bonchev–Trinajstić information content (AvgIpc) is 3.16. The average molecular weight is 417 g/mol. The van der Waals surface area contributed by atoms with Crippen molar-refractivity contribution in [1.82, 2.24) is 10.2 Å². The van der Waals surface area contributed by atoms with E-state index in [1.54, 1.807) is 11.8 Å². The van der Waals surface area contributed by atoms with Crippen LogP contribution in [0.5, 0.6) is 0 Å². The molecule has 3 rings (SSSR count). The SMILES string of the molecule is COC(=O)[C@H](CCc1ccccc1)N[C@@H](C)C(=O)N1[C@@H](C(=O)O)C[C@@H]2CCCC[C@@H]21. The molecule has 7 heteroatoms. The van der Waals surface area contributed by atoms with Crippen molar-refractivity contribution in [1.29, 1.82) is 0 Å². The molecule has 1 amide bonds. The van der Waals surface area contributed by atoms with Gasteiger partial charge in [0.05, 0.1) is 13.2 Å². The molecule has 2 N–H and O–H groups in total. The van der Waals surface area contributed by atoms with E-state index in [9.17, 15) is 19.5 Å². The molecule has 0 unspecified atom stereocenters. The molecule has 7 nitrogen and oxygen atoms in total. The monoisotopic (exact) mass is 416 g/mol. The fourth-order valence-electron chi connectivity index (χ4n) is 4.96. The molecule has 1 aromatic rings. The second-order valence-corrected chi connectivity index (χ2v) is 8.44. The molecule has 2 aliphatic rings. The summed E-state index contributed by atoms with van der Waals surface area (Å²) in [6.07, 6.45) is 5.60. The Hall–Kier alpha value is -2.41. The van der Waals surface area contributed by atoms with Crippen molar-refractivity contribution in [3.63, 3.8) is 0 Å². The molecule has 1 saturated heterocycles. The number of fused-ring (bicyclic) bond motifs is 1. The molecular weight excluding hydrogens is 384 g/mol. The highest BCUT2D eigenvalue weighted by Crippen LogP contribution is 2.40. The first-order valence-electron chi connectivity index (χ1n) is 10.8. The first-order valence-corrected chi connectivity index (χ1v) is 10.8. The molecule has 5 atom stereocenters. The smallest absolute Gasteiger partial charge is 0.326 e. The van der Waals surface area contributed by atoms with Crippen LogP contribution in [0.25, 0.3) is 0 Å². The molecule has 0 bridgehead atoms. The minimum Gasteiger partial charge on any atom is -0.480 e. The molecule has 164 valence electrons. The van der Waals surface area contributed by atoms with Crippen LogP contribution in [0, 0.1) is 5.92 Å². The van der Waals surface area contributed by atoms with Gasteiger partial charge in [-0.15, -0.1) is 0 Å². The minimum absolute atomic E-state index is 0.0162. The topological polar surface area (TPSA) is 95.9 Å². The molecule has 1 aliphatic carbocycles. The van der Waals surface area contributed by atoms with E-state index in [1.807, 2.05) is 30.3 Å². The van der Waals surface area contributed by atoms with Crippen LogP contribution in [-0.4, -0.2) is 59.1 Å². The van der Waals surface area contributed by atoms with Gasteiger partial charge in [-0.25, -0.2) is 4.79 Å². The lowest BCUT2D eigenvalue weighted by molar-refractivity contribution is -0.151. The number of rotatable bonds is 8. The molecule has 0 radical (unpaired) electrons. The molecule has 30 heavy (non-hydrogen) atoms. The maximum Gasteiger partial charge on any atom is 0.326 e. The van der Waals surface area contributed by atoms with Gasteiger partial charge in [-0.1, -0.05) is 43.2 Å². The Kier molecular flexibility index (Phi) is 7.48. The predicted molar refractivity (Wildman–Crippen MR) is 112 cm³/mol. The van der Waals surface area contributed by atoms with Crippen molar-refractivity contribution in [3.8, 4) is 0 Å². The number of carboxylic acids is 1. The van der Waals surface area contributed by atoms with E-state index in [4.69, 9.17) is 4.74 Å². The third kappa shape index (κ3) is 5.01. The van der Waals surface area contributed by atoms with Gasteiger partial charge in [0.1, 0.15) is 12.1 Å². The van der Waals surface area contributed by atoms with Crippen LogP contribution in [0.3, 0.4) is 0 Å². The third-order valence-electron chi connectivity index (χ3n) is 6.50. The number of carbonyl (C=O) groups is 3. The number of ether oxygens (including phenoxy) is 1. The molecular formula is C23H32N2O5. The highest BCUT2D eigenvalue weighted by molar-refractivity contribution is 5.88. The van der Waals surface area contributed by atoms with E-state index in [2.05, 4.69) is 5.32 Å². The summed E-state index contributed by atoms with van der Waals surface area (Å²) >= 11 is 0. The molecule has 0 spiro atoms. The van der Waals surface area contributed by atoms with Gasteiger partial charge in [0.25, 0.3) is 0 Å². The lowest BCUT2D eigenvalue weighted by Crippen LogP contribution is -2.55. The first-order chi connectivity index (χ1) is 14.4. The van der Waals surface area contributed by atoms with Crippen LogP contribution in [0.15, 0.2) is 30.3 Å². The largest absolute Gasteiger partial charge is 0.480 e. The summed E-state index contributed by atoms with van der Waals surface area (Å²) in [6, 6.07) is 7.71. The number of nitrogens with zero attached hydrogens (tertiary/aromatic N) is 1. The van der Waals surface area contributed by atoms with Crippen molar-refractivity contribution in [2.45, 2.75) is 76.0 Å². The van der Waals surface area contributed by atoms with E-state index in [-0.39, 0.29) is 17.9 Å². The van der Waals surface area contributed by atoms with E-state index in [0.717, 1.165) is 31.2 Å². The number of carbonyl (C=O) groups excluding carboxylic acids is 2. The minimum atomic E-state index is -0.946. The van der Waals surface area contributed by atoms with Gasteiger partial charge in [-0.3, -0.25) is 14.9 Å². The lowest BCUT2D eigenvalue weighted by Gasteiger charge is -2.35. The molecule has 1 saturated carbocycles. The summed E-state index contributed by atoms with van der Waals surface area (Å²) in [5, 5.41) is 12.8. The van der Waals surface area contributed by atoms with Crippen LogP contribution in [0.1, 0.15) is 51.0 Å². The Bertz CT molecular complexity index is 753. The van der Waals surface area contributed by atoms with Gasteiger partial charge < -0.3 is 14.7 Å². The number of esters is 1. The Labute approximate surface area is 177 Å². The standard InChI is InChI=1S/C23H32N2O5/c1-15(24-18(23(29)30-2)13-12-16-8-4-3-5-9-16)21(26)25-19-11-7-6-10-17(19)14-20(25)22(27)28/h3-5,8-9,15,17-20,24H,6-7,10-14H2,1-2H3,(H,27,28)/t15-,17-,18-,19-,20+/m0/s1. The normalized spacial score (nSPS) is 25.3. The first kappa shape index (κ1) is 22.3. The fourth-order valence-corrected chi connectivity index (χ4v) is 4.96. The third-order valence-corrected chi connectivity index (χ3v) is 6.50. The number of methoxy groups -OCH3 is 1. The van der Waals surface area contributed by atoms with E-state index in [0.29, 0.717) is 19.3 Å². The van der Waals surface area contributed by atoms with Crippen LogP contribution in [0.4, 0.5) is 0 Å². The van der Waals surface area contributed by atoms with Crippen LogP contribution in [-0.2, 0) is 25.5 Å². The maximum absolute atomic E-state index is 13.3. The molecule has 1 aliphatic heterocycles. The predicted octanol–water partition coefficient (Wildman–Crippen LogP) is 2.38. The second kappa shape index (κ2) is 10.1. The van der Waals surface area contributed by atoms with E-state index >= 15 is 0 Å². The Morgan fingerprint density at radius 1 is 1.20 bits per heavy atom. The number of nitrogens with one attached hydrogen (secondary N) is 1. The number of hydrogen-bond acceptors (Lipinski definition) is 5. The van der Waals surface area contributed by atoms with Crippen molar-refractivity contribution in [2.24, 2.45) is 5.92 Å². The highest BCUT2D eigenvalue weighted by atomic mass is 16.5. The molecule has 2 fully saturated rings. The van der Waals surface area contributed by atoms with Crippen LogP contribution in [0.2, 0.25) is 0 Å². The summed E-state index contributed by atoms with van der Waals surface area (Å²) in [7, 11) is 1.33. The number of carboxylic acid groups (broad SMARTS) is 1. The van der Waals surface area contributed by atoms with Gasteiger partial charge >= 0.3 is 11.9 Å². The maximum atomic E-state index is 13.3. The van der Waals surface area contributed by atoms with Gasteiger partial charge in [-0.2, -0.15) is 0 Å². The van der Waals surface area contributed by atoms with Crippen molar-refractivity contribution in [3.05, 3.63) is 35.9 Å². The number of hydrogen-bond donors (Lipinski definition) is 2. The molecule has 1 heterocycles. The van der Waals surface area contributed by atoms with Gasteiger partial charge in [-0.05, 0) is 50.5 Å². The zero-order valence-corrected chi connectivity index (χ0v) is 17.8. The quantitative estimate of drug-likeness (QED) is 0.632. The zero-order chi connectivity index (χ0) is 21.7. The van der Waals surface area contributed by atoms with Crippen molar-refractivity contribution in [2.75, 3.05) is 7.11 Å². The summed E-state index contributed by atoms with van der Waals surface area (Å²) in [5.74, 6) is -1.35. The summed E-state index contributed by atoms with van der Waals surface area (Å²) in [6.45, 7) is 1.70. The Morgan fingerprint density at radius 3 is 2.57 bits per heavy atom. The highest BCUT2D eigenvalue weighted by Gasteiger charge is 2.48. The lowest BCUT2D eigenvalue weighted by atomic mass is 9.84. The summed E-state index contributed by atoms with van der Waals surface area (Å²) < 4.78 is 4.93. The van der Waals surface area contributed by atoms with E-state index in [1.165, 1.54) is 7.11 Å². The number of benzene rings is 1.